The summed E-state index contributed by atoms with van der Waals surface area (Å²) < 4.78 is 24.7. The maximum Gasteiger partial charge on any atom is 0.211 e. The zero-order valence-corrected chi connectivity index (χ0v) is 13.3. The molecule has 0 radical (unpaired) electrons. The first kappa shape index (κ1) is 16.9. The second kappa shape index (κ2) is 8.22. The van der Waals surface area contributed by atoms with Gasteiger partial charge < -0.3 is 5.73 Å². The maximum atomic E-state index is 11.6. The molecule has 2 N–H and O–H groups in total. The van der Waals surface area contributed by atoms with Crippen molar-refractivity contribution in [2.75, 3.05) is 19.3 Å². The molecule has 0 aliphatic carbocycles. The van der Waals surface area contributed by atoms with E-state index in [2.05, 4.69) is 6.92 Å². The zero-order chi connectivity index (χ0) is 14.3. The maximum absolute atomic E-state index is 11.6. The summed E-state index contributed by atoms with van der Waals surface area (Å²) in [5.41, 5.74) is 6.17. The van der Waals surface area contributed by atoms with Gasteiger partial charge in [-0.05, 0) is 31.6 Å². The van der Waals surface area contributed by atoms with Crippen molar-refractivity contribution >= 4 is 10.0 Å². The molecule has 19 heavy (non-hydrogen) atoms. The molecular formula is C14H30N2O2S. The van der Waals surface area contributed by atoms with Crippen LogP contribution in [0.4, 0.5) is 0 Å². The molecule has 0 aromatic rings. The van der Waals surface area contributed by atoms with Crippen molar-refractivity contribution in [3.8, 4) is 0 Å². The SMILES string of the molecule is CCCCCCC(N)CC1CCCN(S(C)(=O)=O)C1. The number of hydrogen-bond donors (Lipinski definition) is 1. The molecule has 1 heterocycles. The standard InChI is InChI=1S/C14H30N2O2S/c1-3-4-5-6-9-14(15)11-13-8-7-10-16(12-13)19(2,17)18/h13-14H,3-12,15H2,1-2H3. The van der Waals surface area contributed by atoms with E-state index in [1.165, 1.54) is 31.9 Å². The normalized spacial score (nSPS) is 23.4. The first-order chi connectivity index (χ1) is 8.93. The lowest BCUT2D eigenvalue weighted by molar-refractivity contribution is 0.243. The van der Waals surface area contributed by atoms with Gasteiger partial charge in [0.25, 0.3) is 0 Å². The van der Waals surface area contributed by atoms with Crippen LogP contribution in [0, 0.1) is 5.92 Å². The number of hydrogen-bond acceptors (Lipinski definition) is 3. The second-order valence-electron chi connectivity index (χ2n) is 5.97. The Morgan fingerprint density at radius 3 is 2.68 bits per heavy atom. The predicted molar refractivity (Wildman–Crippen MR) is 80.5 cm³/mol. The highest BCUT2D eigenvalue weighted by molar-refractivity contribution is 7.88. The summed E-state index contributed by atoms with van der Waals surface area (Å²) in [7, 11) is -3.03. The minimum Gasteiger partial charge on any atom is -0.328 e. The lowest BCUT2D eigenvalue weighted by Crippen LogP contribution is -2.41. The van der Waals surface area contributed by atoms with Crippen LogP contribution in [0.5, 0.6) is 0 Å². The van der Waals surface area contributed by atoms with Crippen molar-refractivity contribution in [2.24, 2.45) is 11.7 Å². The largest absolute Gasteiger partial charge is 0.328 e. The lowest BCUT2D eigenvalue weighted by Gasteiger charge is -2.32. The van der Waals surface area contributed by atoms with E-state index in [4.69, 9.17) is 5.73 Å². The zero-order valence-electron chi connectivity index (χ0n) is 12.5. The molecule has 0 aromatic carbocycles. The Bertz CT molecular complexity index is 343. The highest BCUT2D eigenvalue weighted by Gasteiger charge is 2.26. The van der Waals surface area contributed by atoms with Crippen LogP contribution >= 0.6 is 0 Å². The monoisotopic (exact) mass is 290 g/mol. The van der Waals surface area contributed by atoms with E-state index in [-0.39, 0.29) is 6.04 Å². The van der Waals surface area contributed by atoms with Crippen LogP contribution in [-0.2, 0) is 10.0 Å². The van der Waals surface area contributed by atoms with E-state index in [1.807, 2.05) is 0 Å². The molecule has 1 saturated heterocycles. The Morgan fingerprint density at radius 2 is 2.05 bits per heavy atom. The van der Waals surface area contributed by atoms with Gasteiger partial charge in [-0.15, -0.1) is 0 Å². The average Bonchev–Trinajstić information content (AvgIpc) is 2.34. The smallest absolute Gasteiger partial charge is 0.211 e. The van der Waals surface area contributed by atoms with Crippen LogP contribution in [0.2, 0.25) is 0 Å². The third kappa shape index (κ3) is 6.72. The molecule has 2 unspecified atom stereocenters. The summed E-state index contributed by atoms with van der Waals surface area (Å²) in [6.45, 7) is 3.56. The van der Waals surface area contributed by atoms with E-state index < -0.39 is 10.0 Å². The van der Waals surface area contributed by atoms with Crippen LogP contribution in [0.25, 0.3) is 0 Å². The van der Waals surface area contributed by atoms with E-state index in [0.717, 1.165) is 25.7 Å². The van der Waals surface area contributed by atoms with Crippen molar-refractivity contribution in [2.45, 2.75) is 64.3 Å². The number of piperidine rings is 1. The number of sulfonamides is 1. The number of nitrogens with zero attached hydrogens (tertiary/aromatic N) is 1. The van der Waals surface area contributed by atoms with Crippen LogP contribution in [-0.4, -0.2) is 38.1 Å². The van der Waals surface area contributed by atoms with Crippen molar-refractivity contribution in [3.63, 3.8) is 0 Å². The molecule has 0 amide bonds. The van der Waals surface area contributed by atoms with Crippen LogP contribution in [0.1, 0.15) is 58.3 Å². The van der Waals surface area contributed by atoms with Gasteiger partial charge in [-0.25, -0.2) is 12.7 Å². The molecule has 4 nitrogen and oxygen atoms in total. The number of unbranched alkanes of at least 4 members (excludes halogenated alkanes) is 3. The molecule has 2 atom stereocenters. The summed E-state index contributed by atoms with van der Waals surface area (Å²) in [4.78, 5) is 0. The van der Waals surface area contributed by atoms with E-state index >= 15 is 0 Å². The molecular weight excluding hydrogens is 260 g/mol. The molecule has 5 heteroatoms. The van der Waals surface area contributed by atoms with Crippen LogP contribution in [0.3, 0.4) is 0 Å². The van der Waals surface area contributed by atoms with Gasteiger partial charge in [-0.1, -0.05) is 32.6 Å². The molecule has 1 fully saturated rings. The van der Waals surface area contributed by atoms with Gasteiger partial charge in [0.1, 0.15) is 0 Å². The molecule has 1 aliphatic rings. The van der Waals surface area contributed by atoms with Crippen molar-refractivity contribution in [3.05, 3.63) is 0 Å². The van der Waals surface area contributed by atoms with Gasteiger partial charge >= 0.3 is 0 Å². The van der Waals surface area contributed by atoms with E-state index in [0.29, 0.717) is 19.0 Å². The first-order valence-corrected chi connectivity index (χ1v) is 9.49. The van der Waals surface area contributed by atoms with Crippen LogP contribution < -0.4 is 5.73 Å². The summed E-state index contributed by atoms with van der Waals surface area (Å²) in [5.74, 6) is 0.449. The quantitative estimate of drug-likeness (QED) is 0.698. The second-order valence-corrected chi connectivity index (χ2v) is 7.96. The average molecular weight is 290 g/mol. The van der Waals surface area contributed by atoms with Crippen molar-refractivity contribution in [1.29, 1.82) is 0 Å². The first-order valence-electron chi connectivity index (χ1n) is 7.64. The number of nitrogens with two attached hydrogens (primary N) is 1. The Labute approximate surface area is 118 Å². The molecule has 0 spiro atoms. The van der Waals surface area contributed by atoms with Gasteiger partial charge in [0.05, 0.1) is 6.26 Å². The van der Waals surface area contributed by atoms with Gasteiger partial charge in [-0.3, -0.25) is 0 Å². The molecule has 1 rings (SSSR count). The van der Waals surface area contributed by atoms with Gasteiger partial charge in [0.15, 0.2) is 0 Å². The Balaban J connectivity index is 2.28. The van der Waals surface area contributed by atoms with Gasteiger partial charge in [-0.2, -0.15) is 0 Å². The Hall–Kier alpha value is -0.130. The topological polar surface area (TPSA) is 63.4 Å². The van der Waals surface area contributed by atoms with Gasteiger partial charge in [0, 0.05) is 19.1 Å². The highest BCUT2D eigenvalue weighted by Crippen LogP contribution is 2.23. The third-order valence-electron chi connectivity index (χ3n) is 4.02. The van der Waals surface area contributed by atoms with Crippen LogP contribution in [0.15, 0.2) is 0 Å². The van der Waals surface area contributed by atoms with E-state index in [9.17, 15) is 8.42 Å². The summed E-state index contributed by atoms with van der Waals surface area (Å²) >= 11 is 0. The molecule has 0 aromatic heterocycles. The fourth-order valence-corrected chi connectivity index (χ4v) is 3.84. The Morgan fingerprint density at radius 1 is 1.32 bits per heavy atom. The van der Waals surface area contributed by atoms with Crippen molar-refractivity contribution in [1.82, 2.24) is 4.31 Å². The van der Waals surface area contributed by atoms with E-state index in [1.54, 1.807) is 4.31 Å². The minimum atomic E-state index is -3.03. The predicted octanol–water partition coefficient (Wildman–Crippen LogP) is 2.35. The molecule has 0 bridgehead atoms. The molecule has 1 aliphatic heterocycles. The minimum absolute atomic E-state index is 0.237. The third-order valence-corrected chi connectivity index (χ3v) is 5.28. The fraction of sp³-hybridized carbons (Fsp3) is 1.00. The van der Waals surface area contributed by atoms with Crippen molar-refractivity contribution < 1.29 is 8.42 Å². The Kier molecular flexibility index (Phi) is 7.32. The summed E-state index contributed by atoms with van der Waals surface area (Å²) in [6, 6.07) is 0.237. The molecule has 0 saturated carbocycles. The summed E-state index contributed by atoms with van der Waals surface area (Å²) in [6.07, 6.45) is 10.5. The summed E-state index contributed by atoms with van der Waals surface area (Å²) in [5, 5.41) is 0. The highest BCUT2D eigenvalue weighted by atomic mass is 32.2. The van der Waals surface area contributed by atoms with Gasteiger partial charge in [0.2, 0.25) is 10.0 Å². The fourth-order valence-electron chi connectivity index (χ4n) is 2.90. The molecule has 114 valence electrons. The number of rotatable bonds is 8. The lowest BCUT2D eigenvalue weighted by atomic mass is 9.91.